The number of nitrogens with one attached hydrogen (secondary N) is 1. The van der Waals surface area contributed by atoms with Gasteiger partial charge in [0.1, 0.15) is 24.7 Å². The molecule has 0 bridgehead atoms. The van der Waals surface area contributed by atoms with Crippen molar-refractivity contribution in [1.29, 1.82) is 0 Å². The number of aromatic amines is 1. The van der Waals surface area contributed by atoms with Crippen molar-refractivity contribution in [3.8, 4) is 0 Å². The second-order valence-corrected chi connectivity index (χ2v) is 10.3. The van der Waals surface area contributed by atoms with Crippen LogP contribution in [0, 0.1) is 30.5 Å². The number of benzene rings is 1. The first-order chi connectivity index (χ1) is 17.3. The summed E-state index contributed by atoms with van der Waals surface area (Å²) in [7, 11) is 1.59. The zero-order chi connectivity index (χ0) is 25.6. The maximum atomic E-state index is 15.0. The molecule has 8 nitrogen and oxygen atoms in total. The average Bonchev–Trinajstić information content (AvgIpc) is 3.29. The lowest BCUT2D eigenvalue weighted by Crippen LogP contribution is -2.47. The zero-order valence-corrected chi connectivity index (χ0v) is 21.4. The number of aromatic nitrogens is 2. The summed E-state index contributed by atoms with van der Waals surface area (Å²) in [6, 6.07) is 3.09. The summed E-state index contributed by atoms with van der Waals surface area (Å²) < 4.78 is 20.2. The van der Waals surface area contributed by atoms with Gasteiger partial charge in [0.05, 0.1) is 18.0 Å². The molecule has 2 fully saturated rings. The minimum Gasteiger partial charge on any atom is -0.370 e. The normalized spacial score (nSPS) is 23.4. The Hall–Kier alpha value is -3.07. The lowest BCUT2D eigenvalue weighted by atomic mass is 9.93. The second kappa shape index (κ2) is 9.76. The molecule has 2 aromatic rings. The van der Waals surface area contributed by atoms with Crippen molar-refractivity contribution >= 4 is 28.9 Å². The smallest absolute Gasteiger partial charge is 0.249 e. The first-order valence-electron chi connectivity index (χ1n) is 12.8. The molecule has 36 heavy (non-hydrogen) atoms. The summed E-state index contributed by atoms with van der Waals surface area (Å²) >= 11 is 0. The van der Waals surface area contributed by atoms with E-state index in [4.69, 9.17) is 9.73 Å². The van der Waals surface area contributed by atoms with Crippen LogP contribution in [0.25, 0.3) is 0 Å². The molecule has 1 N–H and O–H groups in total. The number of amides is 2. The number of fused-ring (bicyclic) bond motifs is 2. The van der Waals surface area contributed by atoms with E-state index in [0.29, 0.717) is 30.1 Å². The number of aliphatic imine (C=N–C) groups is 1. The van der Waals surface area contributed by atoms with Gasteiger partial charge in [0, 0.05) is 36.1 Å². The van der Waals surface area contributed by atoms with E-state index in [0.717, 1.165) is 54.8 Å². The molecule has 0 spiro atoms. The van der Waals surface area contributed by atoms with Crippen LogP contribution in [0.2, 0.25) is 0 Å². The summed E-state index contributed by atoms with van der Waals surface area (Å²) in [6.07, 6.45) is 3.66. The van der Waals surface area contributed by atoms with Crippen LogP contribution in [0.1, 0.15) is 49.2 Å². The Labute approximate surface area is 210 Å². The highest BCUT2D eigenvalue weighted by Crippen LogP contribution is 2.53. The molecule has 5 rings (SSSR count). The van der Waals surface area contributed by atoms with Crippen LogP contribution >= 0.6 is 0 Å². The molecule has 2 heterocycles. The van der Waals surface area contributed by atoms with Crippen molar-refractivity contribution in [2.75, 3.05) is 38.3 Å². The van der Waals surface area contributed by atoms with Crippen molar-refractivity contribution in [2.24, 2.45) is 22.7 Å². The number of anilines is 1. The van der Waals surface area contributed by atoms with Crippen LogP contribution in [-0.2, 0) is 27.2 Å². The number of ether oxygens (including phenoxy) is 1. The highest BCUT2D eigenvalue weighted by molar-refractivity contribution is 6.02. The van der Waals surface area contributed by atoms with Gasteiger partial charge in [-0.1, -0.05) is 20.3 Å². The van der Waals surface area contributed by atoms with Crippen molar-refractivity contribution in [1.82, 2.24) is 15.1 Å². The first-order valence-corrected chi connectivity index (χ1v) is 12.8. The number of hydrogen-bond donors (Lipinski definition) is 1. The molecule has 9 heteroatoms. The Bertz CT molecular complexity index is 1220. The van der Waals surface area contributed by atoms with Gasteiger partial charge in [-0.25, -0.2) is 4.39 Å². The molecule has 0 radical (unpaired) electrons. The maximum absolute atomic E-state index is 15.0. The number of carbonyl (C=O) groups excluding carboxylic acids is 2. The van der Waals surface area contributed by atoms with Crippen molar-refractivity contribution in [3.63, 3.8) is 0 Å². The van der Waals surface area contributed by atoms with Gasteiger partial charge in [-0.2, -0.15) is 5.10 Å². The van der Waals surface area contributed by atoms with Crippen LogP contribution in [0.4, 0.5) is 15.8 Å². The number of halogens is 1. The van der Waals surface area contributed by atoms with Gasteiger partial charge in [-0.05, 0) is 56.1 Å². The molecule has 3 atom stereocenters. The number of H-pyrrole nitrogens is 1. The van der Waals surface area contributed by atoms with Gasteiger partial charge in [0.25, 0.3) is 0 Å². The SMILES string of the molecule is CCC/C(=N\c1cc(N(C)C(=O)CN2CCOCC2=O)cc(F)c1C)c1n[nH]c2c1CC1C(C)C1C2. The summed E-state index contributed by atoms with van der Waals surface area (Å²) in [5, 5.41) is 7.88. The first kappa shape index (κ1) is 24.6. The fourth-order valence-corrected chi connectivity index (χ4v) is 5.51. The molecule has 1 aromatic carbocycles. The number of likely N-dealkylation sites (N-methyl/N-ethyl adjacent to an activating group) is 1. The summed E-state index contributed by atoms with van der Waals surface area (Å²) in [4.78, 5) is 32.7. The molecule has 3 unspecified atom stereocenters. The average molecular weight is 496 g/mol. The van der Waals surface area contributed by atoms with Crippen LogP contribution in [0.5, 0.6) is 0 Å². The number of carbonyl (C=O) groups is 2. The Kier molecular flexibility index (Phi) is 6.68. The second-order valence-electron chi connectivity index (χ2n) is 10.3. The third-order valence-electron chi connectivity index (χ3n) is 8.08. The summed E-state index contributed by atoms with van der Waals surface area (Å²) in [5.74, 6) is 1.28. The molecular weight excluding hydrogens is 461 g/mol. The molecule has 2 aliphatic carbocycles. The lowest BCUT2D eigenvalue weighted by molar-refractivity contribution is -0.145. The van der Waals surface area contributed by atoms with Crippen molar-refractivity contribution in [2.45, 2.75) is 46.5 Å². The fourth-order valence-electron chi connectivity index (χ4n) is 5.51. The minimum atomic E-state index is -0.428. The number of morpholine rings is 1. The number of hydrogen-bond acceptors (Lipinski definition) is 5. The molecule has 1 aromatic heterocycles. The Balaban J connectivity index is 1.43. The largest absolute Gasteiger partial charge is 0.370 e. The highest BCUT2D eigenvalue weighted by atomic mass is 19.1. The topological polar surface area (TPSA) is 90.9 Å². The Morgan fingerprint density at radius 2 is 2.11 bits per heavy atom. The lowest BCUT2D eigenvalue weighted by Gasteiger charge is -2.28. The molecule has 2 amide bonds. The van der Waals surface area contributed by atoms with Gasteiger partial charge in [0.15, 0.2) is 0 Å². The van der Waals surface area contributed by atoms with E-state index >= 15 is 4.39 Å². The zero-order valence-electron chi connectivity index (χ0n) is 21.4. The predicted molar refractivity (Wildman–Crippen MR) is 135 cm³/mol. The van der Waals surface area contributed by atoms with Gasteiger partial charge in [-0.3, -0.25) is 19.7 Å². The highest BCUT2D eigenvalue weighted by Gasteiger charge is 2.50. The third-order valence-corrected chi connectivity index (χ3v) is 8.08. The molecular formula is C27H34FN5O3. The maximum Gasteiger partial charge on any atom is 0.249 e. The van der Waals surface area contributed by atoms with Crippen LogP contribution in [-0.4, -0.2) is 66.0 Å². The van der Waals surface area contributed by atoms with Gasteiger partial charge in [0.2, 0.25) is 11.8 Å². The van der Waals surface area contributed by atoms with E-state index in [2.05, 4.69) is 24.0 Å². The molecule has 1 aliphatic heterocycles. The molecule has 1 saturated heterocycles. The monoisotopic (exact) mass is 495 g/mol. The fraction of sp³-hybridized carbons (Fsp3) is 0.556. The Morgan fingerprint density at radius 1 is 1.33 bits per heavy atom. The number of rotatable bonds is 7. The molecule has 192 valence electrons. The van der Waals surface area contributed by atoms with Gasteiger partial charge >= 0.3 is 0 Å². The van der Waals surface area contributed by atoms with Gasteiger partial charge in [-0.15, -0.1) is 0 Å². The van der Waals surface area contributed by atoms with E-state index in [1.807, 2.05) is 0 Å². The standard InChI is InChI=1S/C27H34FN5O3/c1-5-6-22(27-20-11-18-15(2)19(18)12-24(20)30-31-27)29-23-10-17(9-21(28)16(23)3)32(4)25(34)13-33-7-8-36-14-26(33)35/h9-10,15,18-19H,5-8,11-14H2,1-4H3,(H,30,31)/b29-22+. The minimum absolute atomic E-state index is 0.0214. The molecule has 1 saturated carbocycles. The van der Waals surface area contributed by atoms with Crippen LogP contribution in [0.15, 0.2) is 17.1 Å². The van der Waals surface area contributed by atoms with Gasteiger partial charge < -0.3 is 14.5 Å². The van der Waals surface area contributed by atoms with Crippen LogP contribution in [0.3, 0.4) is 0 Å². The van der Waals surface area contributed by atoms with E-state index in [-0.39, 0.29) is 25.0 Å². The van der Waals surface area contributed by atoms with E-state index in [9.17, 15) is 9.59 Å². The number of nitrogens with zero attached hydrogens (tertiary/aromatic N) is 4. The predicted octanol–water partition coefficient (Wildman–Crippen LogP) is 3.58. The summed E-state index contributed by atoms with van der Waals surface area (Å²) in [5.41, 5.74) is 5.51. The Morgan fingerprint density at radius 3 is 2.86 bits per heavy atom. The van der Waals surface area contributed by atoms with E-state index in [1.54, 1.807) is 20.0 Å². The van der Waals surface area contributed by atoms with E-state index < -0.39 is 5.82 Å². The quantitative estimate of drug-likeness (QED) is 0.595. The third kappa shape index (κ3) is 4.56. The van der Waals surface area contributed by atoms with Crippen molar-refractivity contribution in [3.05, 3.63) is 40.5 Å². The molecule has 3 aliphatic rings. The van der Waals surface area contributed by atoms with E-state index in [1.165, 1.54) is 27.1 Å². The summed E-state index contributed by atoms with van der Waals surface area (Å²) in [6.45, 7) is 6.78. The van der Waals surface area contributed by atoms with Crippen LogP contribution < -0.4 is 4.90 Å². The van der Waals surface area contributed by atoms with Crippen molar-refractivity contribution < 1.29 is 18.7 Å².